The smallest absolute Gasteiger partial charge is 0.0458 e. The lowest BCUT2D eigenvalue weighted by Gasteiger charge is -2.14. The predicted octanol–water partition coefficient (Wildman–Crippen LogP) is 4.99. The monoisotopic (exact) mass is 228 g/mol. The SMILES string of the molecule is CC(C)c1c(Cl)cc(Cl)cc1C1CC1. The van der Waals surface area contributed by atoms with Gasteiger partial charge in [-0.2, -0.15) is 0 Å². The van der Waals surface area contributed by atoms with Gasteiger partial charge in [0, 0.05) is 10.0 Å². The van der Waals surface area contributed by atoms with Crippen molar-refractivity contribution in [2.24, 2.45) is 0 Å². The Morgan fingerprint density at radius 1 is 1.21 bits per heavy atom. The molecule has 0 nitrogen and oxygen atoms in total. The quantitative estimate of drug-likeness (QED) is 0.669. The summed E-state index contributed by atoms with van der Waals surface area (Å²) in [6.45, 7) is 4.36. The van der Waals surface area contributed by atoms with Gasteiger partial charge in [-0.25, -0.2) is 0 Å². The molecule has 76 valence electrons. The molecule has 2 rings (SSSR count). The minimum absolute atomic E-state index is 0.482. The molecule has 0 saturated heterocycles. The highest BCUT2D eigenvalue weighted by atomic mass is 35.5. The van der Waals surface area contributed by atoms with Crippen molar-refractivity contribution >= 4 is 23.2 Å². The van der Waals surface area contributed by atoms with Gasteiger partial charge >= 0.3 is 0 Å². The third-order valence-electron chi connectivity index (χ3n) is 2.72. The van der Waals surface area contributed by atoms with Crippen LogP contribution in [0.3, 0.4) is 0 Å². The average Bonchev–Trinajstić information content (AvgIpc) is 2.82. The van der Waals surface area contributed by atoms with Crippen molar-refractivity contribution in [3.8, 4) is 0 Å². The average molecular weight is 229 g/mol. The second-order valence-corrected chi connectivity index (χ2v) is 5.16. The lowest BCUT2D eigenvalue weighted by molar-refractivity contribution is 0.842. The molecule has 1 saturated carbocycles. The van der Waals surface area contributed by atoms with E-state index in [0.29, 0.717) is 11.8 Å². The molecule has 1 aromatic carbocycles. The standard InChI is InChI=1S/C12H14Cl2/c1-7(2)12-10(8-3-4-8)5-9(13)6-11(12)14/h5-8H,3-4H2,1-2H3. The summed E-state index contributed by atoms with van der Waals surface area (Å²) in [6.07, 6.45) is 2.58. The Balaban J connectivity index is 2.53. The van der Waals surface area contributed by atoms with Crippen molar-refractivity contribution in [2.45, 2.75) is 38.5 Å². The van der Waals surface area contributed by atoms with Gasteiger partial charge < -0.3 is 0 Å². The van der Waals surface area contributed by atoms with Crippen molar-refractivity contribution in [2.75, 3.05) is 0 Å². The molecule has 0 amide bonds. The van der Waals surface area contributed by atoms with Crippen molar-refractivity contribution in [1.29, 1.82) is 0 Å². The molecule has 0 aliphatic heterocycles. The van der Waals surface area contributed by atoms with Crippen LogP contribution in [-0.2, 0) is 0 Å². The maximum absolute atomic E-state index is 6.22. The topological polar surface area (TPSA) is 0 Å². The molecule has 1 fully saturated rings. The Bertz CT molecular complexity index is 352. The Kier molecular flexibility index (Phi) is 2.77. The van der Waals surface area contributed by atoms with Gasteiger partial charge in [0.05, 0.1) is 0 Å². The first kappa shape index (κ1) is 10.3. The van der Waals surface area contributed by atoms with Gasteiger partial charge in [0.25, 0.3) is 0 Å². The zero-order valence-corrected chi connectivity index (χ0v) is 9.99. The third-order valence-corrected chi connectivity index (χ3v) is 3.25. The molecule has 0 unspecified atom stereocenters. The zero-order chi connectivity index (χ0) is 10.3. The van der Waals surface area contributed by atoms with Gasteiger partial charge in [0.15, 0.2) is 0 Å². The van der Waals surface area contributed by atoms with Gasteiger partial charge in [-0.15, -0.1) is 0 Å². The normalized spacial score (nSPS) is 16.4. The van der Waals surface area contributed by atoms with Crippen molar-refractivity contribution in [3.05, 3.63) is 33.3 Å². The van der Waals surface area contributed by atoms with E-state index in [-0.39, 0.29) is 0 Å². The number of benzene rings is 1. The van der Waals surface area contributed by atoms with Crippen LogP contribution < -0.4 is 0 Å². The Morgan fingerprint density at radius 3 is 2.36 bits per heavy atom. The lowest BCUT2D eigenvalue weighted by atomic mass is 9.94. The van der Waals surface area contributed by atoms with E-state index < -0.39 is 0 Å². The molecule has 0 N–H and O–H groups in total. The van der Waals surface area contributed by atoms with E-state index in [1.807, 2.05) is 6.07 Å². The fourth-order valence-electron chi connectivity index (χ4n) is 1.95. The van der Waals surface area contributed by atoms with Crippen LogP contribution >= 0.6 is 23.2 Å². The number of hydrogen-bond acceptors (Lipinski definition) is 0. The van der Waals surface area contributed by atoms with E-state index in [0.717, 1.165) is 10.0 Å². The zero-order valence-electron chi connectivity index (χ0n) is 8.48. The molecule has 0 bridgehead atoms. The number of rotatable bonds is 2. The van der Waals surface area contributed by atoms with Crippen molar-refractivity contribution in [3.63, 3.8) is 0 Å². The van der Waals surface area contributed by atoms with Gasteiger partial charge in [-0.05, 0) is 47.9 Å². The summed E-state index contributed by atoms with van der Waals surface area (Å²) in [5.41, 5.74) is 2.66. The predicted molar refractivity (Wildman–Crippen MR) is 62.5 cm³/mol. The molecular weight excluding hydrogens is 215 g/mol. The number of hydrogen-bond donors (Lipinski definition) is 0. The molecule has 1 aliphatic carbocycles. The van der Waals surface area contributed by atoms with Crippen molar-refractivity contribution in [1.82, 2.24) is 0 Å². The molecule has 0 heterocycles. The summed E-state index contributed by atoms with van der Waals surface area (Å²) in [6, 6.07) is 3.94. The third kappa shape index (κ3) is 1.92. The maximum Gasteiger partial charge on any atom is 0.0458 e. The molecule has 2 heteroatoms. The second-order valence-electron chi connectivity index (χ2n) is 4.32. The van der Waals surface area contributed by atoms with Gasteiger partial charge in [0.2, 0.25) is 0 Å². The molecule has 1 aromatic rings. The highest BCUT2D eigenvalue weighted by Gasteiger charge is 2.28. The Labute approximate surface area is 95.2 Å². The molecule has 0 atom stereocenters. The lowest BCUT2D eigenvalue weighted by Crippen LogP contribution is -1.96. The Hall–Kier alpha value is -0.200. The van der Waals surface area contributed by atoms with Crippen molar-refractivity contribution < 1.29 is 0 Å². The van der Waals surface area contributed by atoms with Gasteiger partial charge in [-0.3, -0.25) is 0 Å². The van der Waals surface area contributed by atoms with Crippen LogP contribution in [-0.4, -0.2) is 0 Å². The van der Waals surface area contributed by atoms with E-state index in [1.54, 1.807) is 0 Å². The largest absolute Gasteiger partial charge is 0.0843 e. The minimum atomic E-state index is 0.482. The van der Waals surface area contributed by atoms with Gasteiger partial charge in [0.1, 0.15) is 0 Å². The van der Waals surface area contributed by atoms with Crippen LogP contribution in [0.1, 0.15) is 49.7 Å². The minimum Gasteiger partial charge on any atom is -0.0843 e. The molecule has 14 heavy (non-hydrogen) atoms. The number of halogens is 2. The van der Waals surface area contributed by atoms with E-state index in [1.165, 1.54) is 24.0 Å². The first-order chi connectivity index (χ1) is 6.59. The van der Waals surface area contributed by atoms with E-state index >= 15 is 0 Å². The summed E-state index contributed by atoms with van der Waals surface area (Å²) in [5, 5.41) is 1.59. The molecule has 1 aliphatic rings. The fourth-order valence-corrected chi connectivity index (χ4v) is 2.67. The van der Waals surface area contributed by atoms with Gasteiger partial charge in [-0.1, -0.05) is 37.0 Å². The second kappa shape index (κ2) is 3.75. The highest BCUT2D eigenvalue weighted by molar-refractivity contribution is 6.35. The van der Waals surface area contributed by atoms with E-state index in [2.05, 4.69) is 19.9 Å². The van der Waals surface area contributed by atoms with Crippen LogP contribution in [0.5, 0.6) is 0 Å². The first-order valence-corrected chi connectivity index (χ1v) is 5.84. The summed E-state index contributed by atoms with van der Waals surface area (Å²) < 4.78 is 0. The fraction of sp³-hybridized carbons (Fsp3) is 0.500. The molecule has 0 aromatic heterocycles. The summed E-state index contributed by atoms with van der Waals surface area (Å²) in [7, 11) is 0. The Morgan fingerprint density at radius 2 is 1.86 bits per heavy atom. The van der Waals surface area contributed by atoms with Crippen LogP contribution in [0.15, 0.2) is 12.1 Å². The highest BCUT2D eigenvalue weighted by Crippen LogP contribution is 2.46. The van der Waals surface area contributed by atoms with Crippen LogP contribution in [0.25, 0.3) is 0 Å². The molecular formula is C12H14Cl2. The van der Waals surface area contributed by atoms with Crippen LogP contribution in [0, 0.1) is 0 Å². The maximum atomic E-state index is 6.22. The van der Waals surface area contributed by atoms with Crippen LogP contribution in [0.2, 0.25) is 10.0 Å². The summed E-state index contributed by atoms with van der Waals surface area (Å²) in [5.74, 6) is 1.19. The first-order valence-electron chi connectivity index (χ1n) is 5.08. The molecule has 0 radical (unpaired) electrons. The summed E-state index contributed by atoms with van der Waals surface area (Å²) >= 11 is 12.2. The summed E-state index contributed by atoms with van der Waals surface area (Å²) in [4.78, 5) is 0. The van der Waals surface area contributed by atoms with Crippen LogP contribution in [0.4, 0.5) is 0 Å². The van der Waals surface area contributed by atoms with E-state index in [9.17, 15) is 0 Å². The molecule has 0 spiro atoms. The van der Waals surface area contributed by atoms with E-state index in [4.69, 9.17) is 23.2 Å².